The quantitative estimate of drug-likeness (QED) is 0.809. The van der Waals surface area contributed by atoms with Crippen LogP contribution in [0.4, 0.5) is 0 Å². The summed E-state index contributed by atoms with van der Waals surface area (Å²) in [6, 6.07) is 6.26. The van der Waals surface area contributed by atoms with Crippen molar-refractivity contribution in [2.24, 2.45) is 7.05 Å². The summed E-state index contributed by atoms with van der Waals surface area (Å²) < 4.78 is 2.13. The summed E-state index contributed by atoms with van der Waals surface area (Å²) in [4.78, 5) is 15.5. The molecule has 90 valence electrons. The number of fused-ring (bicyclic) bond motifs is 1. The summed E-state index contributed by atoms with van der Waals surface area (Å²) >= 11 is 0. The Labute approximate surface area is 101 Å². The number of rotatable bonds is 4. The number of carbonyl (C=O) groups excluding carboxylic acids is 1. The van der Waals surface area contributed by atoms with Gasteiger partial charge in [-0.3, -0.25) is 0 Å². The largest absolute Gasteiger partial charge is 0.331 e. The average Bonchev–Trinajstić information content (AvgIpc) is 2.63. The maximum absolute atomic E-state index is 11.0. The molecule has 2 aromatic rings. The molecule has 1 heterocycles. The second kappa shape index (κ2) is 4.70. The summed E-state index contributed by atoms with van der Waals surface area (Å²) in [6.07, 6.45) is 2.37. The monoisotopic (exact) mass is 230 g/mol. The number of aromatic nitrogens is 2. The van der Waals surface area contributed by atoms with Gasteiger partial charge in [0.05, 0.1) is 11.0 Å². The van der Waals surface area contributed by atoms with Crippen LogP contribution >= 0.6 is 0 Å². The highest BCUT2D eigenvalue weighted by Gasteiger charge is 2.06. The van der Waals surface area contributed by atoms with Crippen LogP contribution in [-0.4, -0.2) is 15.3 Å². The number of aryl methyl sites for hydroxylation is 3. The third-order valence-corrected chi connectivity index (χ3v) is 3.12. The Hall–Kier alpha value is -1.64. The maximum atomic E-state index is 11.0. The number of carbonyl (C=O) groups is 1. The first-order chi connectivity index (χ1) is 8.11. The molecule has 0 N–H and O–H groups in total. The minimum atomic E-state index is 0.240. The highest BCUT2D eigenvalue weighted by molar-refractivity contribution is 5.78. The maximum Gasteiger partial charge on any atom is 0.130 e. The number of Topliss-reactive ketones (excluding diaryl/α,β-unsaturated/α-hetero) is 1. The van der Waals surface area contributed by atoms with E-state index in [-0.39, 0.29) is 5.78 Å². The summed E-state index contributed by atoms with van der Waals surface area (Å²) in [6.45, 7) is 3.75. The lowest BCUT2D eigenvalue weighted by Gasteiger charge is -2.02. The van der Waals surface area contributed by atoms with Gasteiger partial charge in [0.1, 0.15) is 11.6 Å². The van der Waals surface area contributed by atoms with E-state index in [4.69, 9.17) is 0 Å². The first-order valence-corrected chi connectivity index (χ1v) is 6.05. The molecule has 1 aromatic heterocycles. The van der Waals surface area contributed by atoms with Crippen LogP contribution in [0.5, 0.6) is 0 Å². The van der Waals surface area contributed by atoms with Crippen molar-refractivity contribution in [1.82, 2.24) is 9.55 Å². The number of hydrogen-bond acceptors (Lipinski definition) is 2. The summed E-state index contributed by atoms with van der Waals surface area (Å²) in [7, 11) is 2.04. The van der Waals surface area contributed by atoms with Gasteiger partial charge in [-0.25, -0.2) is 4.98 Å². The van der Waals surface area contributed by atoms with Crippen molar-refractivity contribution < 1.29 is 4.79 Å². The number of nitrogens with zero attached hydrogens (tertiary/aromatic N) is 2. The van der Waals surface area contributed by atoms with Crippen molar-refractivity contribution in [2.45, 2.75) is 33.1 Å². The molecule has 0 amide bonds. The molecular formula is C14H18N2O. The van der Waals surface area contributed by atoms with Gasteiger partial charge in [0, 0.05) is 19.9 Å². The van der Waals surface area contributed by atoms with Crippen molar-refractivity contribution in [3.63, 3.8) is 0 Å². The molecule has 0 saturated heterocycles. The van der Waals surface area contributed by atoms with Gasteiger partial charge in [0.15, 0.2) is 0 Å². The molecule has 0 unspecified atom stereocenters. The van der Waals surface area contributed by atoms with Crippen LogP contribution in [0.1, 0.15) is 31.7 Å². The third kappa shape index (κ3) is 2.38. The van der Waals surface area contributed by atoms with Gasteiger partial charge < -0.3 is 9.36 Å². The Balaban J connectivity index is 2.35. The van der Waals surface area contributed by atoms with E-state index in [0.29, 0.717) is 6.42 Å². The van der Waals surface area contributed by atoms with Gasteiger partial charge in [-0.15, -0.1) is 0 Å². The van der Waals surface area contributed by atoms with Gasteiger partial charge in [0.25, 0.3) is 0 Å². The third-order valence-electron chi connectivity index (χ3n) is 3.12. The second-order valence-corrected chi connectivity index (χ2v) is 4.47. The molecule has 0 radical (unpaired) electrons. The fourth-order valence-electron chi connectivity index (χ4n) is 2.08. The van der Waals surface area contributed by atoms with Crippen molar-refractivity contribution in [1.29, 1.82) is 0 Å². The van der Waals surface area contributed by atoms with E-state index in [1.807, 2.05) is 13.1 Å². The molecule has 3 nitrogen and oxygen atoms in total. The molecule has 0 aliphatic carbocycles. The zero-order chi connectivity index (χ0) is 12.4. The van der Waals surface area contributed by atoms with Crippen molar-refractivity contribution in [3.8, 4) is 0 Å². The van der Waals surface area contributed by atoms with Crippen molar-refractivity contribution >= 4 is 16.8 Å². The van der Waals surface area contributed by atoms with E-state index < -0.39 is 0 Å². The smallest absolute Gasteiger partial charge is 0.130 e. The molecule has 0 aliphatic rings. The van der Waals surface area contributed by atoms with E-state index in [1.54, 1.807) is 6.92 Å². The fraction of sp³-hybridized carbons (Fsp3) is 0.429. The van der Waals surface area contributed by atoms with Gasteiger partial charge in [0.2, 0.25) is 0 Å². The summed E-state index contributed by atoms with van der Waals surface area (Å²) in [5.74, 6) is 1.34. The number of benzene rings is 1. The predicted molar refractivity (Wildman–Crippen MR) is 69.1 cm³/mol. The number of imidazole rings is 1. The van der Waals surface area contributed by atoms with Crippen LogP contribution < -0.4 is 0 Å². The molecule has 0 bridgehead atoms. The lowest BCUT2D eigenvalue weighted by atomic mass is 10.1. The lowest BCUT2D eigenvalue weighted by molar-refractivity contribution is -0.116. The molecule has 0 fully saturated rings. The van der Waals surface area contributed by atoms with Gasteiger partial charge in [-0.05, 0) is 31.0 Å². The molecule has 0 spiro atoms. The Morgan fingerprint density at radius 1 is 1.41 bits per heavy atom. The first kappa shape index (κ1) is 11.8. The van der Waals surface area contributed by atoms with E-state index in [9.17, 15) is 4.79 Å². The van der Waals surface area contributed by atoms with Crippen molar-refractivity contribution in [3.05, 3.63) is 29.6 Å². The van der Waals surface area contributed by atoms with E-state index >= 15 is 0 Å². The number of ketones is 1. The molecule has 17 heavy (non-hydrogen) atoms. The Morgan fingerprint density at radius 3 is 2.82 bits per heavy atom. The zero-order valence-corrected chi connectivity index (χ0v) is 10.7. The summed E-state index contributed by atoms with van der Waals surface area (Å²) in [5.41, 5.74) is 3.40. The van der Waals surface area contributed by atoms with Crippen LogP contribution in [0.3, 0.4) is 0 Å². The molecule has 3 heteroatoms. The van der Waals surface area contributed by atoms with Crippen LogP contribution in [-0.2, 0) is 24.7 Å². The van der Waals surface area contributed by atoms with E-state index in [1.165, 1.54) is 5.56 Å². The van der Waals surface area contributed by atoms with Gasteiger partial charge in [-0.1, -0.05) is 13.0 Å². The minimum absolute atomic E-state index is 0.240. The highest BCUT2D eigenvalue weighted by Crippen LogP contribution is 2.18. The molecule has 1 aromatic carbocycles. The summed E-state index contributed by atoms with van der Waals surface area (Å²) in [5, 5.41) is 0. The van der Waals surface area contributed by atoms with E-state index in [2.05, 4.69) is 28.6 Å². The second-order valence-electron chi connectivity index (χ2n) is 4.47. The van der Waals surface area contributed by atoms with Crippen molar-refractivity contribution in [2.75, 3.05) is 0 Å². The van der Waals surface area contributed by atoms with Gasteiger partial charge >= 0.3 is 0 Å². The molecule has 0 saturated carbocycles. The highest BCUT2D eigenvalue weighted by atomic mass is 16.1. The van der Waals surface area contributed by atoms with Crippen LogP contribution in [0, 0.1) is 0 Å². The first-order valence-electron chi connectivity index (χ1n) is 6.05. The predicted octanol–water partition coefficient (Wildman–Crippen LogP) is 2.66. The van der Waals surface area contributed by atoms with Gasteiger partial charge in [-0.2, -0.15) is 0 Å². The topological polar surface area (TPSA) is 34.9 Å². The average molecular weight is 230 g/mol. The zero-order valence-electron chi connectivity index (χ0n) is 10.7. The van der Waals surface area contributed by atoms with Crippen LogP contribution in [0.2, 0.25) is 0 Å². The Kier molecular flexibility index (Phi) is 3.27. The Morgan fingerprint density at radius 2 is 2.18 bits per heavy atom. The molecule has 0 aliphatic heterocycles. The SMILES string of the molecule is CCc1nc2ccc(CCC(C)=O)cc2n1C. The van der Waals surface area contributed by atoms with Crippen LogP contribution in [0.15, 0.2) is 18.2 Å². The fourth-order valence-corrected chi connectivity index (χ4v) is 2.08. The number of hydrogen-bond donors (Lipinski definition) is 0. The normalized spacial score (nSPS) is 11.0. The van der Waals surface area contributed by atoms with E-state index in [0.717, 1.165) is 29.7 Å². The lowest BCUT2D eigenvalue weighted by Crippen LogP contribution is -1.96. The standard InChI is InChI=1S/C14H18N2O/c1-4-14-15-12-8-7-11(6-5-10(2)17)9-13(12)16(14)3/h7-9H,4-6H2,1-3H3. The minimum Gasteiger partial charge on any atom is -0.331 e. The molecule has 0 atom stereocenters. The molecular weight excluding hydrogens is 212 g/mol. The molecule has 2 rings (SSSR count). The van der Waals surface area contributed by atoms with Crippen LogP contribution in [0.25, 0.3) is 11.0 Å². The Bertz CT molecular complexity index is 555.